The number of hydrogen-bond donors (Lipinski definition) is 1. The number of benzene rings is 1. The summed E-state index contributed by atoms with van der Waals surface area (Å²) < 4.78 is 13.9. The molecule has 0 aliphatic carbocycles. The summed E-state index contributed by atoms with van der Waals surface area (Å²) in [5.41, 5.74) is -0.470. The molecule has 1 aliphatic heterocycles. The minimum Gasteiger partial charge on any atom is -0.333 e. The van der Waals surface area contributed by atoms with Gasteiger partial charge >= 0.3 is 0 Å². The molecule has 0 aromatic heterocycles. The highest BCUT2D eigenvalue weighted by atomic mass is 19.1. The second kappa shape index (κ2) is 5.96. The molecule has 0 radical (unpaired) electrons. The fourth-order valence-electron chi connectivity index (χ4n) is 2.13. The van der Waals surface area contributed by atoms with Gasteiger partial charge in [-0.15, -0.1) is 0 Å². The van der Waals surface area contributed by atoms with Crippen LogP contribution in [0.4, 0.5) is 10.1 Å². The van der Waals surface area contributed by atoms with Crippen LogP contribution in [-0.4, -0.2) is 41.4 Å². The van der Waals surface area contributed by atoms with Crippen LogP contribution in [0.1, 0.15) is 23.7 Å². The van der Waals surface area contributed by atoms with Crippen molar-refractivity contribution in [3.05, 3.63) is 39.7 Å². The molecule has 0 saturated carbocycles. The van der Waals surface area contributed by atoms with Crippen molar-refractivity contribution in [1.82, 2.24) is 10.2 Å². The predicted molar refractivity (Wildman–Crippen MR) is 71.0 cm³/mol. The Kier molecular flexibility index (Phi) is 4.29. The molecule has 1 heterocycles. The van der Waals surface area contributed by atoms with Crippen molar-refractivity contribution >= 4 is 11.6 Å². The van der Waals surface area contributed by atoms with E-state index in [0.717, 1.165) is 18.6 Å². The van der Waals surface area contributed by atoms with Gasteiger partial charge in [-0.3, -0.25) is 14.9 Å². The normalized spacial score (nSPS) is 14.7. The Morgan fingerprint density at radius 3 is 2.70 bits per heavy atom. The van der Waals surface area contributed by atoms with Crippen LogP contribution in [0.25, 0.3) is 0 Å². The van der Waals surface area contributed by atoms with Gasteiger partial charge in [0.15, 0.2) is 0 Å². The SMILES string of the molecule is CCCN(C(=O)c1ccc([N+](=O)[O-])cc1F)C1CNC1. The molecule has 0 unspecified atom stereocenters. The number of hydrogen-bond acceptors (Lipinski definition) is 4. The van der Waals surface area contributed by atoms with Crippen LogP contribution in [-0.2, 0) is 0 Å². The molecular weight excluding hydrogens is 265 g/mol. The number of non-ortho nitro benzene ring substituents is 1. The van der Waals surface area contributed by atoms with E-state index in [1.807, 2.05) is 6.92 Å². The summed E-state index contributed by atoms with van der Waals surface area (Å²) in [5, 5.41) is 13.6. The highest BCUT2D eigenvalue weighted by Gasteiger charge is 2.30. The first-order valence-electron chi connectivity index (χ1n) is 6.50. The van der Waals surface area contributed by atoms with Gasteiger partial charge in [0.2, 0.25) is 0 Å². The summed E-state index contributed by atoms with van der Waals surface area (Å²) in [4.78, 5) is 23.9. The lowest BCUT2D eigenvalue weighted by Crippen LogP contribution is -2.59. The van der Waals surface area contributed by atoms with Crippen molar-refractivity contribution in [3.8, 4) is 0 Å². The minimum absolute atomic E-state index is 0.0667. The molecule has 0 bridgehead atoms. The van der Waals surface area contributed by atoms with Crippen LogP contribution in [0, 0.1) is 15.9 Å². The van der Waals surface area contributed by atoms with Crippen LogP contribution in [0.5, 0.6) is 0 Å². The third-order valence-electron chi connectivity index (χ3n) is 3.32. The molecule has 0 spiro atoms. The Balaban J connectivity index is 2.24. The first-order valence-corrected chi connectivity index (χ1v) is 6.50. The number of rotatable bonds is 5. The van der Waals surface area contributed by atoms with Gasteiger partial charge in [-0.05, 0) is 12.5 Å². The molecule has 1 fully saturated rings. The highest BCUT2D eigenvalue weighted by Crippen LogP contribution is 2.20. The van der Waals surface area contributed by atoms with E-state index in [9.17, 15) is 19.3 Å². The van der Waals surface area contributed by atoms with Gasteiger partial charge in [-0.1, -0.05) is 6.92 Å². The first-order chi connectivity index (χ1) is 9.54. The number of carbonyl (C=O) groups is 1. The largest absolute Gasteiger partial charge is 0.333 e. The maximum Gasteiger partial charge on any atom is 0.272 e. The van der Waals surface area contributed by atoms with Crippen LogP contribution in [0.15, 0.2) is 18.2 Å². The molecule has 1 N–H and O–H groups in total. The summed E-state index contributed by atoms with van der Waals surface area (Å²) in [6, 6.07) is 3.19. The number of carbonyl (C=O) groups excluding carboxylic acids is 1. The maximum atomic E-state index is 13.9. The second-order valence-electron chi connectivity index (χ2n) is 4.73. The van der Waals surface area contributed by atoms with E-state index in [4.69, 9.17) is 0 Å². The van der Waals surface area contributed by atoms with Gasteiger partial charge in [0.1, 0.15) is 5.82 Å². The Hall–Kier alpha value is -2.02. The Morgan fingerprint density at radius 1 is 1.55 bits per heavy atom. The number of halogens is 1. The summed E-state index contributed by atoms with van der Waals surface area (Å²) in [5.74, 6) is -1.26. The van der Waals surface area contributed by atoms with Crippen molar-refractivity contribution in [2.45, 2.75) is 19.4 Å². The molecule has 1 amide bonds. The third kappa shape index (κ3) is 2.77. The van der Waals surface area contributed by atoms with E-state index in [1.54, 1.807) is 4.90 Å². The van der Waals surface area contributed by atoms with Crippen molar-refractivity contribution < 1.29 is 14.1 Å². The number of nitrogens with zero attached hydrogens (tertiary/aromatic N) is 2. The fourth-order valence-corrected chi connectivity index (χ4v) is 2.13. The highest BCUT2D eigenvalue weighted by molar-refractivity contribution is 5.95. The molecule has 1 aromatic carbocycles. The van der Waals surface area contributed by atoms with Crippen molar-refractivity contribution in [1.29, 1.82) is 0 Å². The molecule has 2 rings (SSSR count). The topological polar surface area (TPSA) is 75.5 Å². The zero-order valence-electron chi connectivity index (χ0n) is 11.1. The second-order valence-corrected chi connectivity index (χ2v) is 4.73. The molecule has 0 atom stereocenters. The van der Waals surface area contributed by atoms with Gasteiger partial charge in [0.05, 0.1) is 22.6 Å². The van der Waals surface area contributed by atoms with Crippen LogP contribution in [0.2, 0.25) is 0 Å². The summed E-state index contributed by atoms with van der Waals surface area (Å²) >= 11 is 0. The van der Waals surface area contributed by atoms with E-state index < -0.39 is 16.6 Å². The number of nitro groups is 1. The van der Waals surface area contributed by atoms with Gasteiger partial charge in [0.25, 0.3) is 11.6 Å². The van der Waals surface area contributed by atoms with Crippen LogP contribution < -0.4 is 5.32 Å². The summed E-state index contributed by atoms with van der Waals surface area (Å²) in [6.45, 7) is 3.88. The molecule has 108 valence electrons. The van der Waals surface area contributed by atoms with E-state index >= 15 is 0 Å². The maximum absolute atomic E-state index is 13.9. The molecule has 20 heavy (non-hydrogen) atoms. The minimum atomic E-state index is -0.849. The number of nitrogens with one attached hydrogen (secondary N) is 1. The molecule has 1 aliphatic rings. The van der Waals surface area contributed by atoms with Gasteiger partial charge in [-0.2, -0.15) is 0 Å². The zero-order valence-corrected chi connectivity index (χ0v) is 11.1. The van der Waals surface area contributed by atoms with E-state index in [2.05, 4.69) is 5.32 Å². The van der Waals surface area contributed by atoms with E-state index in [0.29, 0.717) is 19.6 Å². The fraction of sp³-hybridized carbons (Fsp3) is 0.462. The van der Waals surface area contributed by atoms with Crippen LogP contribution in [0.3, 0.4) is 0 Å². The third-order valence-corrected chi connectivity index (χ3v) is 3.32. The zero-order chi connectivity index (χ0) is 14.7. The van der Waals surface area contributed by atoms with Gasteiger partial charge in [0, 0.05) is 25.7 Å². The van der Waals surface area contributed by atoms with E-state index in [-0.39, 0.29) is 17.3 Å². The molecule has 6 nitrogen and oxygen atoms in total. The standard InChI is InChI=1S/C13H16FN3O3/c1-2-5-16(10-7-15-8-10)13(18)11-4-3-9(17(19)20)6-12(11)14/h3-4,6,10,15H,2,5,7-8H2,1H3. The van der Waals surface area contributed by atoms with Crippen molar-refractivity contribution in [2.24, 2.45) is 0 Å². The monoisotopic (exact) mass is 281 g/mol. The van der Waals surface area contributed by atoms with Crippen molar-refractivity contribution in [2.75, 3.05) is 19.6 Å². The van der Waals surface area contributed by atoms with E-state index in [1.165, 1.54) is 6.07 Å². The average molecular weight is 281 g/mol. The predicted octanol–water partition coefficient (Wildman–Crippen LogP) is 1.56. The molecular formula is C13H16FN3O3. The average Bonchev–Trinajstić information content (AvgIpc) is 2.35. The Morgan fingerprint density at radius 2 is 2.25 bits per heavy atom. The quantitative estimate of drug-likeness (QED) is 0.656. The first kappa shape index (κ1) is 14.4. The molecule has 1 saturated heterocycles. The summed E-state index contributed by atoms with van der Waals surface area (Å²) in [7, 11) is 0. The summed E-state index contributed by atoms with van der Waals surface area (Å²) in [6.07, 6.45) is 0.775. The lowest BCUT2D eigenvalue weighted by molar-refractivity contribution is -0.385. The number of amides is 1. The molecule has 7 heteroatoms. The lowest BCUT2D eigenvalue weighted by atomic mass is 10.1. The van der Waals surface area contributed by atoms with Gasteiger partial charge in [-0.25, -0.2) is 4.39 Å². The number of nitro benzene ring substituents is 1. The van der Waals surface area contributed by atoms with Crippen molar-refractivity contribution in [3.63, 3.8) is 0 Å². The molecule has 1 aromatic rings. The van der Waals surface area contributed by atoms with Crippen LogP contribution >= 0.6 is 0 Å². The Bertz CT molecular complexity index is 532. The smallest absolute Gasteiger partial charge is 0.272 e. The lowest BCUT2D eigenvalue weighted by Gasteiger charge is -2.38. The van der Waals surface area contributed by atoms with Gasteiger partial charge < -0.3 is 10.2 Å². The Labute approximate surface area is 115 Å².